The van der Waals surface area contributed by atoms with Crippen molar-refractivity contribution in [3.8, 4) is 0 Å². The van der Waals surface area contributed by atoms with Crippen LogP contribution < -0.4 is 0 Å². The predicted molar refractivity (Wildman–Crippen MR) is 38.2 cm³/mol. The lowest BCUT2D eigenvalue weighted by Gasteiger charge is -2.13. The zero-order valence-corrected chi connectivity index (χ0v) is 6.52. The summed E-state index contributed by atoms with van der Waals surface area (Å²) in [6.45, 7) is 0. The molecule has 0 aromatic rings. The van der Waals surface area contributed by atoms with E-state index in [9.17, 15) is 0 Å². The van der Waals surface area contributed by atoms with Gasteiger partial charge in [-0.3, -0.25) is 0 Å². The fourth-order valence-electron chi connectivity index (χ4n) is 2.17. The van der Waals surface area contributed by atoms with Crippen molar-refractivity contribution in [2.24, 2.45) is 11.8 Å². The van der Waals surface area contributed by atoms with Crippen LogP contribution in [0.4, 0.5) is 0 Å². The highest BCUT2D eigenvalue weighted by Gasteiger charge is 2.37. The van der Waals surface area contributed by atoms with Gasteiger partial charge in [-0.2, -0.15) is 0 Å². The Morgan fingerprint density at radius 3 is 2.25 bits per heavy atom. The molecule has 2 bridgehead atoms. The molecule has 0 spiro atoms. The Bertz CT molecular complexity index is 98.6. The van der Waals surface area contributed by atoms with Gasteiger partial charge in [-0.15, -0.1) is 0 Å². The molecule has 0 aliphatic heterocycles. The van der Waals surface area contributed by atoms with Crippen molar-refractivity contribution in [3.05, 3.63) is 0 Å². The van der Waals surface area contributed by atoms with Gasteiger partial charge in [-0.25, -0.2) is 0 Å². The highest BCUT2D eigenvalue weighted by atomic mass is 79.9. The van der Waals surface area contributed by atoms with Crippen LogP contribution >= 0.6 is 15.9 Å². The normalized spacial score (nSPS) is 52.9. The molecule has 2 rings (SSSR count). The van der Waals surface area contributed by atoms with Gasteiger partial charge in [0.1, 0.15) is 0 Å². The molecule has 3 atom stereocenters. The van der Waals surface area contributed by atoms with E-state index in [1.54, 1.807) is 0 Å². The van der Waals surface area contributed by atoms with Crippen LogP contribution in [0.25, 0.3) is 0 Å². The van der Waals surface area contributed by atoms with E-state index in [1.165, 1.54) is 25.7 Å². The smallest absolute Gasteiger partial charge is 0.0176 e. The summed E-state index contributed by atoms with van der Waals surface area (Å²) in [5.74, 6) is 2.16. The minimum absolute atomic E-state index is 0.890. The monoisotopic (exact) mass is 174 g/mol. The lowest BCUT2D eigenvalue weighted by atomic mass is 10.0. The molecule has 8 heavy (non-hydrogen) atoms. The first kappa shape index (κ1) is 5.28. The molecular weight excluding hydrogens is 164 g/mol. The van der Waals surface area contributed by atoms with Crippen molar-refractivity contribution in [2.45, 2.75) is 30.5 Å². The molecule has 0 radical (unpaired) electrons. The van der Waals surface area contributed by atoms with Crippen LogP contribution in [0.3, 0.4) is 0 Å². The third-order valence-electron chi connectivity index (χ3n) is 2.65. The molecule has 0 amide bonds. The Kier molecular flexibility index (Phi) is 1.14. The number of fused-ring (bicyclic) bond motifs is 2. The summed E-state index contributed by atoms with van der Waals surface area (Å²) in [4.78, 5) is 0.890. The molecule has 2 fully saturated rings. The number of rotatable bonds is 0. The van der Waals surface area contributed by atoms with Gasteiger partial charge in [0.2, 0.25) is 0 Å². The van der Waals surface area contributed by atoms with Crippen LogP contribution in [0.15, 0.2) is 0 Å². The first-order chi connectivity index (χ1) is 3.86. The molecule has 46 valence electrons. The fraction of sp³-hybridized carbons (Fsp3) is 1.00. The van der Waals surface area contributed by atoms with Crippen molar-refractivity contribution < 1.29 is 0 Å². The van der Waals surface area contributed by atoms with Crippen molar-refractivity contribution >= 4 is 15.9 Å². The van der Waals surface area contributed by atoms with E-state index in [4.69, 9.17) is 0 Å². The lowest BCUT2D eigenvalue weighted by molar-refractivity contribution is 0.497. The molecule has 2 aliphatic rings. The Morgan fingerprint density at radius 1 is 1.12 bits per heavy atom. The van der Waals surface area contributed by atoms with Crippen molar-refractivity contribution in [3.63, 3.8) is 0 Å². The average molecular weight is 175 g/mol. The van der Waals surface area contributed by atoms with Gasteiger partial charge in [0.15, 0.2) is 0 Å². The predicted octanol–water partition coefficient (Wildman–Crippen LogP) is 2.57. The van der Waals surface area contributed by atoms with Gasteiger partial charge in [0, 0.05) is 4.83 Å². The Morgan fingerprint density at radius 2 is 2.00 bits per heavy atom. The molecule has 0 nitrogen and oxygen atoms in total. The maximum absolute atomic E-state index is 3.70. The Balaban J connectivity index is 2.11. The molecule has 0 N–H and O–H groups in total. The van der Waals surface area contributed by atoms with Gasteiger partial charge < -0.3 is 0 Å². The summed E-state index contributed by atoms with van der Waals surface area (Å²) in [6.07, 6.45) is 6.01. The molecule has 0 aromatic heterocycles. The maximum atomic E-state index is 3.70. The van der Waals surface area contributed by atoms with Gasteiger partial charge in [-0.1, -0.05) is 22.4 Å². The number of alkyl halides is 1. The molecule has 2 aliphatic carbocycles. The van der Waals surface area contributed by atoms with Crippen LogP contribution in [-0.4, -0.2) is 4.83 Å². The van der Waals surface area contributed by atoms with E-state index in [1.807, 2.05) is 0 Å². The van der Waals surface area contributed by atoms with Crippen LogP contribution in [0.2, 0.25) is 0 Å². The second kappa shape index (κ2) is 1.73. The minimum Gasteiger partial charge on any atom is -0.0888 e. The van der Waals surface area contributed by atoms with Crippen LogP contribution in [0.5, 0.6) is 0 Å². The SMILES string of the molecule is Br[C@@H]1C[C@H]2CC[C@@H]1C2. The summed E-state index contributed by atoms with van der Waals surface area (Å²) in [6, 6.07) is 0. The molecule has 2 saturated carbocycles. The van der Waals surface area contributed by atoms with Gasteiger partial charge in [-0.05, 0) is 31.1 Å². The van der Waals surface area contributed by atoms with Crippen LogP contribution in [0.1, 0.15) is 25.7 Å². The van der Waals surface area contributed by atoms with Crippen LogP contribution in [0, 0.1) is 11.8 Å². The van der Waals surface area contributed by atoms with E-state index < -0.39 is 0 Å². The third kappa shape index (κ3) is 0.637. The second-order valence-corrected chi connectivity index (χ2v) is 4.37. The standard InChI is InChI=1S/C7H11Br/c8-7-4-5-1-2-6(7)3-5/h5-7H,1-4H2/t5-,6+,7+/m0/s1. The summed E-state index contributed by atoms with van der Waals surface area (Å²) < 4.78 is 0. The minimum atomic E-state index is 0.890. The lowest BCUT2D eigenvalue weighted by Crippen LogP contribution is -2.07. The highest BCUT2D eigenvalue weighted by molar-refractivity contribution is 9.09. The van der Waals surface area contributed by atoms with E-state index in [0.29, 0.717) is 0 Å². The maximum Gasteiger partial charge on any atom is 0.0176 e. The summed E-state index contributed by atoms with van der Waals surface area (Å²) in [5, 5.41) is 0. The third-order valence-corrected chi connectivity index (χ3v) is 3.77. The van der Waals surface area contributed by atoms with Crippen molar-refractivity contribution in [1.82, 2.24) is 0 Å². The summed E-state index contributed by atoms with van der Waals surface area (Å²) in [7, 11) is 0. The van der Waals surface area contributed by atoms with Crippen LogP contribution in [-0.2, 0) is 0 Å². The Hall–Kier alpha value is 0.480. The van der Waals surface area contributed by atoms with E-state index in [0.717, 1.165) is 16.7 Å². The highest BCUT2D eigenvalue weighted by Crippen LogP contribution is 2.47. The number of halogens is 1. The van der Waals surface area contributed by atoms with Gasteiger partial charge in [0.05, 0.1) is 0 Å². The molecule has 1 heteroatoms. The summed E-state index contributed by atoms with van der Waals surface area (Å²) in [5.41, 5.74) is 0. The van der Waals surface area contributed by atoms with E-state index in [2.05, 4.69) is 15.9 Å². The van der Waals surface area contributed by atoms with Crippen molar-refractivity contribution in [1.29, 1.82) is 0 Å². The first-order valence-electron chi connectivity index (χ1n) is 3.50. The van der Waals surface area contributed by atoms with Gasteiger partial charge >= 0.3 is 0 Å². The molecule has 0 aromatic carbocycles. The Labute approximate surface area is 58.8 Å². The molecule has 0 unspecified atom stereocenters. The second-order valence-electron chi connectivity index (χ2n) is 3.19. The van der Waals surface area contributed by atoms with Crippen molar-refractivity contribution in [2.75, 3.05) is 0 Å². The zero-order chi connectivity index (χ0) is 5.56. The average Bonchev–Trinajstić information content (AvgIpc) is 2.23. The number of hydrogen-bond donors (Lipinski definition) is 0. The zero-order valence-electron chi connectivity index (χ0n) is 4.94. The molecular formula is C7H11Br. The number of hydrogen-bond acceptors (Lipinski definition) is 0. The molecule has 0 heterocycles. The fourth-order valence-corrected chi connectivity index (χ4v) is 3.18. The quantitative estimate of drug-likeness (QED) is 0.496. The summed E-state index contributed by atoms with van der Waals surface area (Å²) >= 11 is 3.70. The van der Waals surface area contributed by atoms with E-state index >= 15 is 0 Å². The topological polar surface area (TPSA) is 0 Å². The largest absolute Gasteiger partial charge is 0.0888 e. The first-order valence-corrected chi connectivity index (χ1v) is 4.42. The van der Waals surface area contributed by atoms with Gasteiger partial charge in [0.25, 0.3) is 0 Å². The molecule has 0 saturated heterocycles. The van der Waals surface area contributed by atoms with E-state index in [-0.39, 0.29) is 0 Å².